The quantitative estimate of drug-likeness (QED) is 0.530. The van der Waals surface area contributed by atoms with Gasteiger partial charge in [0.05, 0.1) is 7.11 Å². The van der Waals surface area contributed by atoms with E-state index >= 15 is 0 Å². The molecule has 0 aliphatic heterocycles. The SMILES string of the molecule is CC(C)CC(N)C(=O)O.CC(N)C(=O)O.COC(C)=O. The fraction of sp³-hybridized carbons (Fsp3) is 0.750. The van der Waals surface area contributed by atoms with Gasteiger partial charge in [-0.3, -0.25) is 14.4 Å². The minimum absolute atomic E-state index is 0.245. The molecular weight excluding hydrogens is 268 g/mol. The highest BCUT2D eigenvalue weighted by Gasteiger charge is 2.11. The van der Waals surface area contributed by atoms with Crippen LogP contribution < -0.4 is 11.5 Å². The minimum atomic E-state index is -0.963. The Labute approximate surface area is 119 Å². The van der Waals surface area contributed by atoms with E-state index in [1.54, 1.807) is 0 Å². The lowest BCUT2D eigenvalue weighted by atomic mass is 10.1. The summed E-state index contributed by atoms with van der Waals surface area (Å²) < 4.78 is 4.11. The molecule has 0 spiro atoms. The van der Waals surface area contributed by atoms with E-state index in [4.69, 9.17) is 21.7 Å². The van der Waals surface area contributed by atoms with Gasteiger partial charge >= 0.3 is 17.9 Å². The van der Waals surface area contributed by atoms with Crippen LogP contribution in [0.5, 0.6) is 0 Å². The molecule has 2 atom stereocenters. The lowest BCUT2D eigenvalue weighted by Gasteiger charge is -2.07. The molecule has 0 fully saturated rings. The normalized spacial score (nSPS) is 12.0. The first-order valence-corrected chi connectivity index (χ1v) is 5.96. The van der Waals surface area contributed by atoms with Gasteiger partial charge in [-0.25, -0.2) is 0 Å². The van der Waals surface area contributed by atoms with Crippen LogP contribution in [0.15, 0.2) is 0 Å². The molecule has 0 aromatic heterocycles. The van der Waals surface area contributed by atoms with Crippen molar-refractivity contribution >= 4 is 17.9 Å². The lowest BCUT2D eigenvalue weighted by Crippen LogP contribution is -2.31. The summed E-state index contributed by atoms with van der Waals surface area (Å²) >= 11 is 0. The molecule has 0 saturated heterocycles. The number of hydrogen-bond acceptors (Lipinski definition) is 6. The molecule has 0 amide bonds. The number of rotatable bonds is 4. The van der Waals surface area contributed by atoms with Gasteiger partial charge in [-0.15, -0.1) is 0 Å². The predicted octanol–water partition coefficient (Wildman–Crippen LogP) is 0.0419. The van der Waals surface area contributed by atoms with Crippen molar-refractivity contribution in [1.82, 2.24) is 0 Å². The number of ether oxygens (including phenoxy) is 1. The molecule has 8 heteroatoms. The van der Waals surface area contributed by atoms with E-state index in [0.29, 0.717) is 12.3 Å². The number of nitrogens with two attached hydrogens (primary N) is 2. The summed E-state index contributed by atoms with van der Waals surface area (Å²) in [6, 6.07) is -1.42. The van der Waals surface area contributed by atoms with Gasteiger partial charge in [0, 0.05) is 6.92 Å². The van der Waals surface area contributed by atoms with Crippen LogP contribution in [-0.4, -0.2) is 47.3 Å². The van der Waals surface area contributed by atoms with Crippen LogP contribution in [0.4, 0.5) is 0 Å². The molecule has 0 bridgehead atoms. The van der Waals surface area contributed by atoms with E-state index in [-0.39, 0.29) is 5.97 Å². The standard InChI is InChI=1S/C6H13NO2.C3H7NO2.C3H6O2/c1-4(2)3-5(7)6(8)9;1-2(4)3(5)6;1-3(4)5-2/h4-5H,3,7H2,1-2H3,(H,8,9);2H,4H2,1H3,(H,5,6);1-2H3. The van der Waals surface area contributed by atoms with Crippen molar-refractivity contribution in [1.29, 1.82) is 0 Å². The number of carbonyl (C=O) groups is 3. The highest BCUT2D eigenvalue weighted by atomic mass is 16.5. The zero-order valence-corrected chi connectivity index (χ0v) is 12.6. The van der Waals surface area contributed by atoms with Crippen molar-refractivity contribution in [2.75, 3.05) is 7.11 Å². The number of aliphatic carboxylic acids is 2. The van der Waals surface area contributed by atoms with Gasteiger partial charge in [0.1, 0.15) is 12.1 Å². The van der Waals surface area contributed by atoms with Gasteiger partial charge in [-0.2, -0.15) is 0 Å². The van der Waals surface area contributed by atoms with Crippen LogP contribution >= 0.6 is 0 Å². The largest absolute Gasteiger partial charge is 0.480 e. The molecule has 0 rings (SSSR count). The fourth-order valence-corrected chi connectivity index (χ4v) is 0.609. The first-order chi connectivity index (χ1) is 8.95. The molecule has 0 aromatic rings. The second kappa shape index (κ2) is 13.8. The molecule has 120 valence electrons. The smallest absolute Gasteiger partial charge is 0.320 e. The number of carboxylic acids is 2. The maximum absolute atomic E-state index is 10.1. The van der Waals surface area contributed by atoms with Crippen molar-refractivity contribution in [2.45, 2.75) is 46.2 Å². The van der Waals surface area contributed by atoms with Crippen molar-refractivity contribution in [3.8, 4) is 0 Å². The second-order valence-electron chi connectivity index (χ2n) is 4.40. The summed E-state index contributed by atoms with van der Waals surface area (Å²) in [5.74, 6) is -1.76. The molecule has 20 heavy (non-hydrogen) atoms. The number of carbonyl (C=O) groups excluding carboxylic acids is 1. The minimum Gasteiger partial charge on any atom is -0.480 e. The van der Waals surface area contributed by atoms with Gasteiger partial charge in [-0.05, 0) is 19.3 Å². The summed E-state index contributed by atoms with van der Waals surface area (Å²) in [6.07, 6.45) is 0.551. The molecule has 2 unspecified atom stereocenters. The average molecular weight is 294 g/mol. The molecule has 0 aliphatic rings. The second-order valence-corrected chi connectivity index (χ2v) is 4.40. The van der Waals surface area contributed by atoms with Crippen molar-refractivity contribution in [2.24, 2.45) is 17.4 Å². The molecule has 0 aromatic carbocycles. The molecule has 8 nitrogen and oxygen atoms in total. The molecule has 0 radical (unpaired) electrons. The number of carboxylic acid groups (broad SMARTS) is 2. The van der Waals surface area contributed by atoms with Gasteiger partial charge in [0.25, 0.3) is 0 Å². The van der Waals surface area contributed by atoms with E-state index in [1.165, 1.54) is 21.0 Å². The van der Waals surface area contributed by atoms with Crippen molar-refractivity contribution in [3.05, 3.63) is 0 Å². The van der Waals surface area contributed by atoms with Gasteiger partial charge in [0.2, 0.25) is 0 Å². The Balaban J connectivity index is -0.000000230. The summed E-state index contributed by atoms with van der Waals surface area (Å²) in [7, 11) is 1.35. The highest BCUT2D eigenvalue weighted by Crippen LogP contribution is 2.01. The third-order valence-corrected chi connectivity index (χ3v) is 1.72. The molecule has 0 aliphatic carbocycles. The van der Waals surface area contributed by atoms with E-state index < -0.39 is 24.0 Å². The van der Waals surface area contributed by atoms with Crippen LogP contribution in [0.1, 0.15) is 34.1 Å². The first-order valence-electron chi connectivity index (χ1n) is 5.96. The summed E-state index contributed by atoms with van der Waals surface area (Å²) in [5, 5.41) is 16.2. The lowest BCUT2D eigenvalue weighted by molar-refractivity contribution is -0.139. The summed E-state index contributed by atoms with van der Waals surface area (Å²) in [5.41, 5.74) is 10.1. The third kappa shape index (κ3) is 25.2. The van der Waals surface area contributed by atoms with Crippen molar-refractivity contribution < 1.29 is 29.3 Å². The number of methoxy groups -OCH3 is 1. The average Bonchev–Trinajstić information content (AvgIpc) is 2.29. The van der Waals surface area contributed by atoms with Crippen LogP contribution in [0.25, 0.3) is 0 Å². The number of hydrogen-bond donors (Lipinski definition) is 4. The predicted molar refractivity (Wildman–Crippen MR) is 74.0 cm³/mol. The van der Waals surface area contributed by atoms with Gasteiger partial charge in [-0.1, -0.05) is 13.8 Å². The topological polar surface area (TPSA) is 153 Å². The molecule has 0 heterocycles. The molecule has 6 N–H and O–H groups in total. The van der Waals surface area contributed by atoms with E-state index in [2.05, 4.69) is 4.74 Å². The first kappa shape index (κ1) is 23.4. The van der Waals surface area contributed by atoms with Crippen LogP contribution in [0.2, 0.25) is 0 Å². The summed E-state index contributed by atoms with van der Waals surface area (Å²) in [4.78, 5) is 29.3. The Kier molecular flexibility index (Phi) is 16.1. The third-order valence-electron chi connectivity index (χ3n) is 1.72. The zero-order chi connectivity index (χ0) is 16.9. The van der Waals surface area contributed by atoms with Gasteiger partial charge < -0.3 is 26.4 Å². The Bertz CT molecular complexity index is 292. The Morgan fingerprint density at radius 3 is 1.40 bits per heavy atom. The monoisotopic (exact) mass is 294 g/mol. The van der Waals surface area contributed by atoms with Crippen LogP contribution in [0.3, 0.4) is 0 Å². The Morgan fingerprint density at radius 2 is 1.35 bits per heavy atom. The van der Waals surface area contributed by atoms with Crippen LogP contribution in [-0.2, 0) is 19.1 Å². The Hall–Kier alpha value is -1.67. The summed E-state index contributed by atoms with van der Waals surface area (Å²) in [6.45, 7) is 6.67. The van der Waals surface area contributed by atoms with E-state index in [0.717, 1.165) is 0 Å². The Morgan fingerprint density at radius 1 is 1.05 bits per heavy atom. The zero-order valence-electron chi connectivity index (χ0n) is 12.6. The molecular formula is C12H26N2O6. The van der Waals surface area contributed by atoms with E-state index in [9.17, 15) is 14.4 Å². The van der Waals surface area contributed by atoms with Crippen molar-refractivity contribution in [3.63, 3.8) is 0 Å². The highest BCUT2D eigenvalue weighted by molar-refractivity contribution is 5.73. The maximum atomic E-state index is 10.1. The van der Waals surface area contributed by atoms with Crippen LogP contribution in [0, 0.1) is 5.92 Å². The molecule has 0 saturated carbocycles. The van der Waals surface area contributed by atoms with Gasteiger partial charge in [0.15, 0.2) is 0 Å². The maximum Gasteiger partial charge on any atom is 0.320 e. The fourth-order valence-electron chi connectivity index (χ4n) is 0.609. The van der Waals surface area contributed by atoms with E-state index in [1.807, 2.05) is 13.8 Å². The number of esters is 1.